The standard InChI is InChI=1S/C9H17NO2S/c1-13-6-9(8(11)12)4-2-7(10)3-5-9/h7H,2-6,10H2,1H3,(H,11,12). The molecule has 1 fully saturated rings. The molecule has 1 saturated carbocycles. The lowest BCUT2D eigenvalue weighted by atomic mass is 9.74. The van der Waals surface area contributed by atoms with Crippen LogP contribution in [-0.4, -0.2) is 29.1 Å². The quantitative estimate of drug-likeness (QED) is 0.726. The summed E-state index contributed by atoms with van der Waals surface area (Å²) in [6, 6.07) is 0.217. The monoisotopic (exact) mass is 203 g/mol. The van der Waals surface area contributed by atoms with E-state index in [4.69, 9.17) is 10.8 Å². The molecule has 1 aliphatic rings. The molecule has 76 valence electrons. The molecule has 0 atom stereocenters. The van der Waals surface area contributed by atoms with Crippen molar-refractivity contribution in [3.8, 4) is 0 Å². The van der Waals surface area contributed by atoms with Crippen LogP contribution in [0.3, 0.4) is 0 Å². The van der Waals surface area contributed by atoms with Gasteiger partial charge in [0.2, 0.25) is 0 Å². The fourth-order valence-electron chi connectivity index (χ4n) is 1.89. The molecule has 0 heterocycles. The summed E-state index contributed by atoms with van der Waals surface area (Å²) in [5.74, 6) is 0.0726. The summed E-state index contributed by atoms with van der Waals surface area (Å²) in [5.41, 5.74) is 5.26. The molecular weight excluding hydrogens is 186 g/mol. The fraction of sp³-hybridized carbons (Fsp3) is 0.889. The van der Waals surface area contributed by atoms with E-state index in [0.29, 0.717) is 0 Å². The predicted octanol–water partition coefficient (Wildman–Crippen LogP) is 1.32. The summed E-state index contributed by atoms with van der Waals surface area (Å²) in [6.45, 7) is 0. The summed E-state index contributed by atoms with van der Waals surface area (Å²) in [5, 5.41) is 9.15. The third-order valence-electron chi connectivity index (χ3n) is 2.86. The molecule has 1 aliphatic carbocycles. The Morgan fingerprint density at radius 2 is 2.15 bits per heavy atom. The second-order valence-electron chi connectivity index (χ2n) is 3.86. The zero-order valence-electron chi connectivity index (χ0n) is 7.95. The highest BCUT2D eigenvalue weighted by atomic mass is 32.2. The van der Waals surface area contributed by atoms with E-state index in [1.54, 1.807) is 11.8 Å². The van der Waals surface area contributed by atoms with Crippen LogP contribution in [0.5, 0.6) is 0 Å². The topological polar surface area (TPSA) is 63.3 Å². The molecule has 0 amide bonds. The van der Waals surface area contributed by atoms with Crippen molar-refractivity contribution in [3.63, 3.8) is 0 Å². The Morgan fingerprint density at radius 3 is 2.54 bits per heavy atom. The highest BCUT2D eigenvalue weighted by Gasteiger charge is 2.40. The molecule has 0 unspecified atom stereocenters. The van der Waals surface area contributed by atoms with Gasteiger partial charge < -0.3 is 10.8 Å². The van der Waals surface area contributed by atoms with Crippen LogP contribution < -0.4 is 5.73 Å². The molecule has 0 aliphatic heterocycles. The van der Waals surface area contributed by atoms with Crippen LogP contribution in [0, 0.1) is 5.41 Å². The molecule has 0 spiro atoms. The van der Waals surface area contributed by atoms with Gasteiger partial charge in [-0.05, 0) is 31.9 Å². The van der Waals surface area contributed by atoms with Crippen LogP contribution >= 0.6 is 11.8 Å². The molecule has 0 aromatic carbocycles. The van der Waals surface area contributed by atoms with Crippen molar-refractivity contribution in [2.75, 3.05) is 12.0 Å². The predicted molar refractivity (Wildman–Crippen MR) is 54.9 cm³/mol. The van der Waals surface area contributed by atoms with E-state index < -0.39 is 11.4 Å². The molecule has 0 bridgehead atoms. The van der Waals surface area contributed by atoms with Gasteiger partial charge in [-0.25, -0.2) is 0 Å². The first kappa shape index (κ1) is 10.9. The molecule has 3 nitrogen and oxygen atoms in total. The largest absolute Gasteiger partial charge is 0.481 e. The van der Waals surface area contributed by atoms with Crippen LogP contribution in [0.1, 0.15) is 25.7 Å². The lowest BCUT2D eigenvalue weighted by Crippen LogP contribution is -2.41. The Morgan fingerprint density at radius 1 is 1.62 bits per heavy atom. The second kappa shape index (κ2) is 4.33. The van der Waals surface area contributed by atoms with Gasteiger partial charge in [0.1, 0.15) is 0 Å². The average Bonchev–Trinajstić information content (AvgIpc) is 2.09. The van der Waals surface area contributed by atoms with Crippen molar-refractivity contribution >= 4 is 17.7 Å². The lowest BCUT2D eigenvalue weighted by Gasteiger charge is -2.35. The number of thioether (sulfide) groups is 1. The molecule has 0 aromatic rings. The SMILES string of the molecule is CSCC1(C(=O)O)CCC(N)CC1. The van der Waals surface area contributed by atoms with E-state index in [9.17, 15) is 4.79 Å². The number of carbonyl (C=O) groups is 1. The molecule has 1 rings (SSSR count). The molecule has 4 heteroatoms. The Labute approximate surface area is 83.1 Å². The number of rotatable bonds is 3. The van der Waals surface area contributed by atoms with Crippen LogP contribution in [0.4, 0.5) is 0 Å². The maximum absolute atomic E-state index is 11.1. The van der Waals surface area contributed by atoms with E-state index >= 15 is 0 Å². The third-order valence-corrected chi connectivity index (χ3v) is 3.70. The molecular formula is C9H17NO2S. The van der Waals surface area contributed by atoms with Crippen LogP contribution in [0.25, 0.3) is 0 Å². The first-order chi connectivity index (χ1) is 6.10. The number of carboxylic acid groups (broad SMARTS) is 1. The molecule has 13 heavy (non-hydrogen) atoms. The normalized spacial score (nSPS) is 34.5. The number of carboxylic acids is 1. The zero-order chi connectivity index (χ0) is 9.90. The average molecular weight is 203 g/mol. The van der Waals surface area contributed by atoms with Crippen molar-refractivity contribution in [2.24, 2.45) is 11.1 Å². The van der Waals surface area contributed by atoms with Gasteiger partial charge in [-0.15, -0.1) is 0 Å². The zero-order valence-corrected chi connectivity index (χ0v) is 8.77. The first-order valence-corrected chi connectivity index (χ1v) is 5.98. The van der Waals surface area contributed by atoms with Crippen LogP contribution in [0.15, 0.2) is 0 Å². The minimum atomic E-state index is -0.645. The van der Waals surface area contributed by atoms with Crippen molar-refractivity contribution in [3.05, 3.63) is 0 Å². The maximum Gasteiger partial charge on any atom is 0.310 e. The third kappa shape index (κ3) is 2.38. The fourth-order valence-corrected chi connectivity index (χ4v) is 2.85. The Bertz CT molecular complexity index is 188. The Balaban J connectivity index is 2.63. The number of aliphatic carboxylic acids is 1. The summed E-state index contributed by atoms with van der Waals surface area (Å²) < 4.78 is 0. The maximum atomic E-state index is 11.1. The van der Waals surface area contributed by atoms with E-state index in [1.807, 2.05) is 6.26 Å². The smallest absolute Gasteiger partial charge is 0.310 e. The van der Waals surface area contributed by atoms with Gasteiger partial charge in [0, 0.05) is 11.8 Å². The number of nitrogens with two attached hydrogens (primary N) is 1. The van der Waals surface area contributed by atoms with Gasteiger partial charge >= 0.3 is 5.97 Å². The van der Waals surface area contributed by atoms with Crippen molar-refractivity contribution < 1.29 is 9.90 Å². The van der Waals surface area contributed by atoms with Gasteiger partial charge in [-0.1, -0.05) is 0 Å². The molecule has 0 aromatic heterocycles. The summed E-state index contributed by atoms with van der Waals surface area (Å²) in [7, 11) is 0. The Kier molecular flexibility index (Phi) is 3.62. The van der Waals surface area contributed by atoms with Crippen molar-refractivity contribution in [1.82, 2.24) is 0 Å². The highest BCUT2D eigenvalue weighted by molar-refractivity contribution is 7.98. The summed E-state index contributed by atoms with van der Waals surface area (Å²) in [4.78, 5) is 11.1. The molecule has 3 N–H and O–H groups in total. The number of hydrogen-bond acceptors (Lipinski definition) is 3. The Hall–Kier alpha value is -0.220. The summed E-state index contributed by atoms with van der Waals surface area (Å²) >= 11 is 1.61. The first-order valence-electron chi connectivity index (χ1n) is 4.59. The van der Waals surface area contributed by atoms with E-state index in [0.717, 1.165) is 31.4 Å². The van der Waals surface area contributed by atoms with Crippen molar-refractivity contribution in [2.45, 2.75) is 31.7 Å². The lowest BCUT2D eigenvalue weighted by molar-refractivity contribution is -0.149. The van der Waals surface area contributed by atoms with E-state index in [1.165, 1.54) is 0 Å². The minimum Gasteiger partial charge on any atom is -0.481 e. The van der Waals surface area contributed by atoms with Gasteiger partial charge in [-0.3, -0.25) is 4.79 Å². The highest BCUT2D eigenvalue weighted by Crippen LogP contribution is 2.38. The minimum absolute atomic E-state index is 0.217. The van der Waals surface area contributed by atoms with Crippen LogP contribution in [0.2, 0.25) is 0 Å². The summed E-state index contributed by atoms with van der Waals surface area (Å²) in [6.07, 6.45) is 5.15. The number of hydrogen-bond donors (Lipinski definition) is 2. The van der Waals surface area contributed by atoms with E-state index in [-0.39, 0.29) is 6.04 Å². The van der Waals surface area contributed by atoms with Crippen LogP contribution in [-0.2, 0) is 4.79 Å². The van der Waals surface area contributed by atoms with E-state index in [2.05, 4.69) is 0 Å². The van der Waals surface area contributed by atoms with Gasteiger partial charge in [0.05, 0.1) is 5.41 Å². The second-order valence-corrected chi connectivity index (χ2v) is 4.72. The van der Waals surface area contributed by atoms with Gasteiger partial charge in [-0.2, -0.15) is 11.8 Å². The van der Waals surface area contributed by atoms with Gasteiger partial charge in [0.15, 0.2) is 0 Å². The van der Waals surface area contributed by atoms with Crippen molar-refractivity contribution in [1.29, 1.82) is 0 Å². The molecule has 0 saturated heterocycles. The van der Waals surface area contributed by atoms with Gasteiger partial charge in [0.25, 0.3) is 0 Å². The molecule has 0 radical (unpaired) electrons.